The van der Waals surface area contributed by atoms with Crippen LogP contribution in [-0.4, -0.2) is 219 Å². The first-order valence-electron chi connectivity index (χ1n) is 37.2. The van der Waals surface area contributed by atoms with Crippen molar-refractivity contribution in [3.8, 4) is 5.75 Å². The summed E-state index contributed by atoms with van der Waals surface area (Å²) in [5.41, 5.74) is 35.0. The van der Waals surface area contributed by atoms with Gasteiger partial charge in [0, 0.05) is 32.5 Å². The number of phenols is 1. The van der Waals surface area contributed by atoms with Gasteiger partial charge in [-0.15, -0.1) is 0 Å². The summed E-state index contributed by atoms with van der Waals surface area (Å²) < 4.78 is 0. The number of carbonyl (C=O) groups excluding carboxylic acids is 11. The number of hydrogen-bond donors (Lipinski definition) is 20. The predicted octanol–water partition coefficient (Wildman–Crippen LogP) is -2.20. The fraction of sp³-hybridized carbons (Fsp3) is 0.616. The summed E-state index contributed by atoms with van der Waals surface area (Å²) in [6, 6.07) is -4.02. The summed E-state index contributed by atoms with van der Waals surface area (Å²) in [4.78, 5) is 205. The van der Waals surface area contributed by atoms with Crippen LogP contribution in [0.2, 0.25) is 0 Å². The van der Waals surface area contributed by atoms with Gasteiger partial charge in [-0.2, -0.15) is 0 Å². The molecule has 0 saturated carbocycles. The molecular weight excluding hydrogens is 1430 g/mol. The van der Waals surface area contributed by atoms with Crippen LogP contribution in [0.25, 0.3) is 0 Å². The molecule has 0 bridgehead atoms. The number of aliphatic imine (C=N–C) groups is 2. The normalized spacial score (nSPS) is 15.9. The van der Waals surface area contributed by atoms with E-state index in [1.807, 2.05) is 13.8 Å². The van der Waals surface area contributed by atoms with Crippen molar-refractivity contribution < 1.29 is 87.5 Å². The third-order valence-corrected chi connectivity index (χ3v) is 18.0. The van der Waals surface area contributed by atoms with Gasteiger partial charge in [0.05, 0.1) is 18.9 Å². The Balaban J connectivity index is 2.04. The van der Waals surface area contributed by atoms with Crippen molar-refractivity contribution in [2.75, 3.05) is 26.2 Å². The predicted molar refractivity (Wildman–Crippen MR) is 407 cm³/mol. The van der Waals surface area contributed by atoms with E-state index in [4.69, 9.17) is 34.4 Å². The second-order valence-electron chi connectivity index (χ2n) is 28.9. The number of rotatable bonds is 50. The van der Waals surface area contributed by atoms with Gasteiger partial charge in [0.15, 0.2) is 11.9 Å². The number of aliphatic carboxylic acids is 3. The van der Waals surface area contributed by atoms with Gasteiger partial charge in [-0.1, -0.05) is 104 Å². The summed E-state index contributed by atoms with van der Waals surface area (Å²) in [6.07, 6.45) is -1.24. The van der Waals surface area contributed by atoms with Gasteiger partial charge in [0.2, 0.25) is 65.0 Å². The average molecular weight is 1550 g/mol. The number of nitrogens with one attached hydrogen (secondary N) is 10. The van der Waals surface area contributed by atoms with E-state index in [0.717, 1.165) is 0 Å². The van der Waals surface area contributed by atoms with Gasteiger partial charge in [-0.05, 0) is 131 Å². The molecule has 0 unspecified atom stereocenters. The molecule has 37 heteroatoms. The fourth-order valence-electron chi connectivity index (χ4n) is 12.1. The highest BCUT2D eigenvalue weighted by Crippen LogP contribution is 2.23. The molecule has 0 aliphatic carbocycles. The van der Waals surface area contributed by atoms with E-state index in [9.17, 15) is 87.5 Å². The highest BCUT2D eigenvalue weighted by Gasteiger charge is 2.42. The average Bonchev–Trinajstić information content (AvgIpc) is 1.60. The van der Waals surface area contributed by atoms with Crippen LogP contribution in [0.3, 0.4) is 0 Å². The number of carboxylic acid groups (broad SMARTS) is 3. The molecule has 1 saturated heterocycles. The smallest absolute Gasteiger partial charge is 0.326 e. The van der Waals surface area contributed by atoms with E-state index in [0.29, 0.717) is 30.4 Å². The molecule has 1 fully saturated rings. The lowest BCUT2D eigenvalue weighted by Crippen LogP contribution is -2.62. The molecule has 3 rings (SSSR count). The molecule has 1 aliphatic rings. The van der Waals surface area contributed by atoms with Crippen LogP contribution in [0, 0.1) is 23.7 Å². The molecule has 13 atom stereocenters. The first kappa shape index (κ1) is 93.5. The number of phenolic OH excluding ortho intramolecular Hbond substituents is 1. The van der Waals surface area contributed by atoms with Crippen molar-refractivity contribution in [1.29, 1.82) is 0 Å². The van der Waals surface area contributed by atoms with Crippen molar-refractivity contribution in [2.45, 2.75) is 237 Å². The lowest BCUT2D eigenvalue weighted by molar-refractivity contribution is -0.144. The van der Waals surface area contributed by atoms with Crippen LogP contribution in [0.15, 0.2) is 64.6 Å². The fourth-order valence-corrected chi connectivity index (χ4v) is 12.1. The zero-order valence-electron chi connectivity index (χ0n) is 64.1. The zero-order chi connectivity index (χ0) is 82.5. The summed E-state index contributed by atoms with van der Waals surface area (Å²) in [7, 11) is 0. The Kier molecular flexibility index (Phi) is 40.7. The summed E-state index contributed by atoms with van der Waals surface area (Å²) in [6.45, 7) is 14.3. The van der Waals surface area contributed by atoms with Crippen LogP contribution >= 0.6 is 0 Å². The van der Waals surface area contributed by atoms with Crippen molar-refractivity contribution >= 4 is 94.8 Å². The molecule has 1 heterocycles. The Hall–Kier alpha value is -10.7. The Morgan fingerprint density at radius 3 is 1.35 bits per heavy atom. The Bertz CT molecular complexity index is 3460. The van der Waals surface area contributed by atoms with Gasteiger partial charge in [0.1, 0.15) is 72.2 Å². The number of hydrogen-bond acceptors (Lipinski definition) is 19. The minimum absolute atomic E-state index is 0.00122. The topological polar surface area (TPSA) is 624 Å². The van der Waals surface area contributed by atoms with Crippen LogP contribution in [-0.2, 0) is 80.0 Å². The zero-order valence-corrected chi connectivity index (χ0v) is 64.1. The van der Waals surface area contributed by atoms with Gasteiger partial charge in [-0.3, -0.25) is 72.3 Å². The Morgan fingerprint density at radius 1 is 0.473 bits per heavy atom. The lowest BCUT2D eigenvalue weighted by atomic mass is 9.96. The number of guanidine groups is 2. The number of nitrogens with zero attached hydrogens (tertiary/aromatic N) is 3. The van der Waals surface area contributed by atoms with Crippen LogP contribution in [0.1, 0.15) is 163 Å². The van der Waals surface area contributed by atoms with E-state index in [1.54, 1.807) is 71.9 Å². The maximum Gasteiger partial charge on any atom is 0.326 e. The number of benzene rings is 2. The highest BCUT2D eigenvalue weighted by atomic mass is 16.4. The van der Waals surface area contributed by atoms with Crippen LogP contribution < -0.4 is 87.6 Å². The largest absolute Gasteiger partial charge is 0.508 e. The van der Waals surface area contributed by atoms with E-state index in [2.05, 4.69) is 63.2 Å². The molecule has 0 spiro atoms. The quantitative estimate of drug-likeness (QED) is 0.0190. The summed E-state index contributed by atoms with van der Waals surface area (Å²) in [5, 5.41) is 65.7. The number of carbonyl (C=O) groups is 14. The van der Waals surface area contributed by atoms with Crippen molar-refractivity contribution in [2.24, 2.45) is 68.1 Å². The lowest BCUT2D eigenvalue weighted by Gasteiger charge is -2.31. The molecule has 110 heavy (non-hydrogen) atoms. The van der Waals surface area contributed by atoms with Crippen molar-refractivity contribution in [1.82, 2.24) is 58.1 Å². The molecule has 37 nitrogen and oxygen atoms in total. The van der Waals surface area contributed by atoms with Gasteiger partial charge in [-0.25, -0.2) is 4.79 Å². The molecule has 0 aromatic heterocycles. The molecule has 2 aromatic carbocycles. The minimum Gasteiger partial charge on any atom is -0.508 e. The second kappa shape index (κ2) is 47.9. The van der Waals surface area contributed by atoms with Gasteiger partial charge >= 0.3 is 17.9 Å². The number of nitrogens with two attached hydrogens (primary N) is 6. The Morgan fingerprint density at radius 2 is 0.882 bits per heavy atom. The van der Waals surface area contributed by atoms with Gasteiger partial charge in [0.25, 0.3) is 0 Å². The maximum absolute atomic E-state index is 14.9. The molecule has 2 aromatic rings. The SMILES string of the molecule is CC[C@H](C)[C@H](NC(=O)[C@H](Cc1ccc(O)cc1)NC(=O)[C@H](CC(C)C)NC(=O)[C@@H]1CCCN1C(=O)[C@H](CCCN=C(N)N)NC(=O)[C@@H](N)CC(C)C)C(=O)N[C@@H](CC(=O)O)C(=O)N[C@@H](Cc1ccccc1)C(=O)N[C@@H](CCCCN)C(=O)N[C@@H](CCCN=C(N)N)C(=O)N[C@@H](CC(=O)O)C(=O)N[C@@H](CC(C)C)C(=O)O. The van der Waals surface area contributed by atoms with Crippen LogP contribution in [0.5, 0.6) is 5.75 Å². The number of amides is 11. The standard InChI is InChI=1S/C73H117N19O18/c1-9-42(8)59(91-67(105)52(36-44-24-26-45(93)27-25-44)86-63(101)50(33-40(4)5)88-68(106)56-23-17-31-92(56)70(108)49(22-16-30-81-73(78)79)84-60(98)46(75)32-39(2)3)69(107)89-54(38-58(96)97)65(103)85-51(35-43-18-11-10-12-19-43)64(102)83-47(20-13-14-28-74)61(99)82-48(21-15-29-80-72(76)77)62(100)87-53(37-57(94)95)66(104)90-55(71(109)110)34-41(6)7/h10-12,18-19,24-27,39-42,46-56,59,93H,9,13-17,20-23,28-38,74-75H2,1-8H3,(H,82,99)(H,83,102)(H,84,98)(H,85,103)(H,86,101)(H,87,100)(H,88,106)(H,89,107)(H,90,104)(H,91,105)(H,94,95)(H,96,97)(H,109,110)(H4,76,77,80)(H4,78,79,81)/t42-,46-,47-,48-,49-,50-,51-,52-,53-,54-,55-,56-,59-/m0/s1. The number of carboxylic acids is 3. The monoisotopic (exact) mass is 1550 g/mol. The van der Waals surface area contributed by atoms with Crippen molar-refractivity contribution in [3.05, 3.63) is 65.7 Å². The van der Waals surface area contributed by atoms with E-state index >= 15 is 0 Å². The molecule has 11 amide bonds. The van der Waals surface area contributed by atoms with Gasteiger partial charge < -0.3 is 113 Å². The Labute approximate surface area is 640 Å². The third-order valence-electron chi connectivity index (χ3n) is 18.0. The minimum atomic E-state index is -1.98. The van der Waals surface area contributed by atoms with E-state index in [1.165, 1.54) is 29.2 Å². The number of aromatic hydroxyl groups is 1. The molecule has 26 N–H and O–H groups in total. The molecular formula is C73H117N19O18. The van der Waals surface area contributed by atoms with E-state index < -0.39 is 174 Å². The molecule has 1 aliphatic heterocycles. The van der Waals surface area contributed by atoms with Crippen LogP contribution in [0.4, 0.5) is 0 Å². The molecule has 612 valence electrons. The van der Waals surface area contributed by atoms with Crippen molar-refractivity contribution in [3.63, 3.8) is 0 Å². The maximum atomic E-state index is 14.9. The first-order chi connectivity index (χ1) is 51.8. The van der Waals surface area contributed by atoms with E-state index in [-0.39, 0.29) is 139 Å². The number of likely N-dealkylation sites (tertiary alicyclic amines) is 1. The first-order valence-corrected chi connectivity index (χ1v) is 37.2. The summed E-state index contributed by atoms with van der Waals surface area (Å²) in [5.74, 6) is -16.7. The molecule has 0 radical (unpaired) electrons. The third kappa shape index (κ3) is 34.2. The summed E-state index contributed by atoms with van der Waals surface area (Å²) >= 11 is 0. The highest BCUT2D eigenvalue weighted by molar-refractivity contribution is 6.00. The second-order valence-corrected chi connectivity index (χ2v) is 28.9. The number of unbranched alkanes of at least 4 members (excludes halogenated alkanes) is 1.